The van der Waals surface area contributed by atoms with Crippen LogP contribution in [-0.2, 0) is 0 Å². The van der Waals surface area contributed by atoms with Gasteiger partial charge in [0.2, 0.25) is 0 Å². The second-order valence-electron chi connectivity index (χ2n) is 5.31. The van der Waals surface area contributed by atoms with Gasteiger partial charge in [0.25, 0.3) is 5.69 Å². The molecule has 0 aliphatic rings. The van der Waals surface area contributed by atoms with Gasteiger partial charge < -0.3 is 9.47 Å². The zero-order valence-corrected chi connectivity index (χ0v) is 14.9. The van der Waals surface area contributed by atoms with Gasteiger partial charge in [-0.3, -0.25) is 10.1 Å². The maximum Gasteiger partial charge on any atom is 0.387 e. The van der Waals surface area contributed by atoms with Gasteiger partial charge in [-0.1, -0.05) is 12.1 Å². The Morgan fingerprint density at radius 1 is 1.22 bits per heavy atom. The summed E-state index contributed by atoms with van der Waals surface area (Å²) >= 11 is 1.32. The molecule has 0 aliphatic heterocycles. The summed E-state index contributed by atoms with van der Waals surface area (Å²) in [6, 6.07) is 9.12. The van der Waals surface area contributed by atoms with E-state index in [1.54, 1.807) is 37.3 Å². The van der Waals surface area contributed by atoms with Crippen LogP contribution in [0.25, 0.3) is 22.4 Å². The molecule has 0 radical (unpaired) electrons. The van der Waals surface area contributed by atoms with Crippen LogP contribution in [0.4, 0.5) is 14.5 Å². The van der Waals surface area contributed by atoms with Crippen LogP contribution in [-0.4, -0.2) is 23.1 Å². The van der Waals surface area contributed by atoms with E-state index in [1.807, 2.05) is 0 Å². The van der Waals surface area contributed by atoms with Crippen molar-refractivity contribution in [3.05, 3.63) is 57.1 Å². The second-order valence-corrected chi connectivity index (χ2v) is 6.37. The number of aromatic nitrogens is 1. The first kappa shape index (κ1) is 18.7. The van der Waals surface area contributed by atoms with Crippen molar-refractivity contribution in [2.24, 2.45) is 0 Å². The molecule has 0 atom stereocenters. The predicted octanol–water partition coefficient (Wildman–Crippen LogP) is 5.38. The summed E-state index contributed by atoms with van der Waals surface area (Å²) in [5, 5.41) is 11.5. The first-order valence-electron chi connectivity index (χ1n) is 7.91. The molecule has 3 aromatic rings. The molecular formula is C18H14F2N2O4S. The fraction of sp³-hybridized carbons (Fsp3) is 0.167. The molecule has 0 unspecified atom stereocenters. The maximum absolute atomic E-state index is 12.4. The average molecular weight is 392 g/mol. The average Bonchev–Trinajstić information content (AvgIpc) is 3.03. The third-order valence-electron chi connectivity index (χ3n) is 3.50. The minimum absolute atomic E-state index is 0.0117. The molecule has 6 nitrogen and oxygen atoms in total. The molecule has 140 valence electrons. The summed E-state index contributed by atoms with van der Waals surface area (Å²) in [6.07, 6.45) is 3.50. The second kappa shape index (κ2) is 8.09. The Morgan fingerprint density at radius 3 is 2.74 bits per heavy atom. The van der Waals surface area contributed by atoms with Crippen LogP contribution in [0.5, 0.6) is 11.5 Å². The number of ether oxygens (including phenoxy) is 2. The predicted molar refractivity (Wildman–Crippen MR) is 99.4 cm³/mol. The number of non-ortho nitro benzene ring substituents is 1. The highest BCUT2D eigenvalue weighted by Crippen LogP contribution is 2.31. The van der Waals surface area contributed by atoms with E-state index in [9.17, 15) is 18.9 Å². The lowest BCUT2D eigenvalue weighted by atomic mass is 10.2. The van der Waals surface area contributed by atoms with Gasteiger partial charge in [0.1, 0.15) is 5.01 Å². The lowest BCUT2D eigenvalue weighted by Crippen LogP contribution is -2.04. The number of nitro groups is 1. The lowest BCUT2D eigenvalue weighted by Gasteiger charge is -2.11. The van der Waals surface area contributed by atoms with Crippen LogP contribution in [0, 0.1) is 10.1 Å². The van der Waals surface area contributed by atoms with Crippen LogP contribution in [0.3, 0.4) is 0 Å². The van der Waals surface area contributed by atoms with E-state index >= 15 is 0 Å². The van der Waals surface area contributed by atoms with Gasteiger partial charge in [-0.2, -0.15) is 8.78 Å². The standard InChI is InChI=1S/C18H14F2N2O4S/c1-2-25-15-9-11(3-7-14(15)26-18(19)20)4-8-17-21-13-6-5-12(22(23)24)10-16(13)27-17/h3-10,18H,2H2,1H3/b8-4+. The van der Waals surface area contributed by atoms with Gasteiger partial charge >= 0.3 is 6.61 Å². The molecule has 9 heteroatoms. The first-order chi connectivity index (χ1) is 13.0. The van der Waals surface area contributed by atoms with Gasteiger partial charge in [0, 0.05) is 12.1 Å². The lowest BCUT2D eigenvalue weighted by molar-refractivity contribution is -0.384. The van der Waals surface area contributed by atoms with E-state index in [1.165, 1.54) is 29.5 Å². The number of hydrogen-bond donors (Lipinski definition) is 0. The number of rotatable bonds is 7. The Hall–Kier alpha value is -3.07. The van der Waals surface area contributed by atoms with Crippen LogP contribution in [0.1, 0.15) is 17.5 Å². The van der Waals surface area contributed by atoms with Crippen molar-refractivity contribution in [3.8, 4) is 11.5 Å². The largest absolute Gasteiger partial charge is 0.490 e. The molecule has 0 amide bonds. The van der Waals surface area contributed by atoms with E-state index in [0.717, 1.165) is 0 Å². The Morgan fingerprint density at radius 2 is 2.04 bits per heavy atom. The molecule has 0 fully saturated rings. The molecule has 0 N–H and O–H groups in total. The van der Waals surface area contributed by atoms with Crippen molar-refractivity contribution < 1.29 is 23.2 Å². The van der Waals surface area contributed by atoms with Crippen LogP contribution < -0.4 is 9.47 Å². The number of fused-ring (bicyclic) bond motifs is 1. The molecule has 27 heavy (non-hydrogen) atoms. The Labute approximate surface area is 156 Å². The summed E-state index contributed by atoms with van der Waals surface area (Å²) in [5.74, 6) is 0.191. The highest BCUT2D eigenvalue weighted by atomic mass is 32.1. The van der Waals surface area contributed by atoms with Crippen LogP contribution in [0.15, 0.2) is 36.4 Å². The fourth-order valence-electron chi connectivity index (χ4n) is 2.37. The third kappa shape index (κ3) is 4.56. The Kier molecular flexibility index (Phi) is 5.60. The molecule has 0 saturated heterocycles. The SMILES string of the molecule is CCOc1cc(/C=C/c2nc3ccc([N+](=O)[O-])cc3s2)ccc1OC(F)F. The third-order valence-corrected chi connectivity index (χ3v) is 4.48. The number of thiazole rings is 1. The van der Waals surface area contributed by atoms with Gasteiger partial charge in [0.05, 0.1) is 21.7 Å². The number of alkyl halides is 2. The van der Waals surface area contributed by atoms with Crippen molar-refractivity contribution >= 4 is 39.4 Å². The van der Waals surface area contributed by atoms with Crippen LogP contribution >= 0.6 is 11.3 Å². The van der Waals surface area contributed by atoms with E-state index < -0.39 is 11.5 Å². The number of benzene rings is 2. The normalized spacial score (nSPS) is 11.4. The van der Waals surface area contributed by atoms with Crippen molar-refractivity contribution in [1.82, 2.24) is 4.98 Å². The summed E-state index contributed by atoms with van der Waals surface area (Å²) in [6.45, 7) is -0.879. The Bertz CT molecular complexity index is 1000. The smallest absolute Gasteiger partial charge is 0.387 e. The topological polar surface area (TPSA) is 74.5 Å². The molecular weight excluding hydrogens is 378 g/mol. The molecule has 0 bridgehead atoms. The first-order valence-corrected chi connectivity index (χ1v) is 8.72. The van der Waals surface area contributed by atoms with Gasteiger partial charge in [-0.25, -0.2) is 4.98 Å². The van der Waals surface area contributed by atoms with E-state index in [4.69, 9.17) is 4.74 Å². The minimum atomic E-state index is -2.93. The van der Waals surface area contributed by atoms with Gasteiger partial charge in [-0.15, -0.1) is 11.3 Å². The zero-order valence-electron chi connectivity index (χ0n) is 14.1. The summed E-state index contributed by atoms with van der Waals surface area (Å²) in [7, 11) is 0. The maximum atomic E-state index is 12.4. The molecule has 3 rings (SSSR count). The number of hydrogen-bond acceptors (Lipinski definition) is 6. The van der Waals surface area contributed by atoms with Crippen molar-refractivity contribution in [1.29, 1.82) is 0 Å². The monoisotopic (exact) mass is 392 g/mol. The van der Waals surface area contributed by atoms with Crippen molar-refractivity contribution in [3.63, 3.8) is 0 Å². The van der Waals surface area contributed by atoms with Gasteiger partial charge in [-0.05, 0) is 36.8 Å². The van der Waals surface area contributed by atoms with E-state index in [0.29, 0.717) is 27.4 Å². The summed E-state index contributed by atoms with van der Waals surface area (Å²) < 4.78 is 35.4. The quantitative estimate of drug-likeness (QED) is 0.399. The van der Waals surface area contributed by atoms with Crippen LogP contribution in [0.2, 0.25) is 0 Å². The molecule has 2 aromatic carbocycles. The van der Waals surface area contributed by atoms with Gasteiger partial charge in [0.15, 0.2) is 11.5 Å². The number of nitrogens with zero attached hydrogens (tertiary/aromatic N) is 2. The van der Waals surface area contributed by atoms with Crippen molar-refractivity contribution in [2.45, 2.75) is 13.5 Å². The van der Waals surface area contributed by atoms with E-state index in [-0.39, 0.29) is 17.2 Å². The molecule has 0 spiro atoms. The number of nitro benzene ring substituents is 1. The summed E-state index contributed by atoms with van der Waals surface area (Å²) in [4.78, 5) is 14.8. The molecule has 0 aliphatic carbocycles. The van der Waals surface area contributed by atoms with E-state index in [2.05, 4.69) is 9.72 Å². The zero-order chi connectivity index (χ0) is 19.4. The molecule has 0 saturated carbocycles. The molecule has 1 aromatic heterocycles. The molecule has 1 heterocycles. The fourth-order valence-corrected chi connectivity index (χ4v) is 3.28. The highest BCUT2D eigenvalue weighted by Gasteiger charge is 2.12. The van der Waals surface area contributed by atoms with Crippen molar-refractivity contribution in [2.75, 3.05) is 6.61 Å². The Balaban J connectivity index is 1.85. The minimum Gasteiger partial charge on any atom is -0.490 e. The number of halogens is 2. The summed E-state index contributed by atoms with van der Waals surface area (Å²) in [5.41, 5.74) is 1.39. The highest BCUT2D eigenvalue weighted by molar-refractivity contribution is 7.19.